The average Bonchev–Trinajstić information content (AvgIpc) is 3.55. The predicted molar refractivity (Wildman–Crippen MR) is 205 cm³/mol. The Labute approximate surface area is 334 Å². The molecule has 11 nitrogen and oxygen atoms in total. The van der Waals surface area contributed by atoms with E-state index in [-0.39, 0.29) is 34.8 Å². The van der Waals surface area contributed by atoms with Gasteiger partial charge in [-0.25, -0.2) is 9.29 Å². The lowest BCUT2D eigenvalue weighted by molar-refractivity contribution is -0.274. The fourth-order valence-corrected chi connectivity index (χ4v) is 9.22. The van der Waals surface area contributed by atoms with E-state index in [2.05, 4.69) is 15.0 Å². The van der Waals surface area contributed by atoms with Gasteiger partial charge in [0.2, 0.25) is 23.6 Å². The number of hydrogen-bond donors (Lipinski definition) is 1. The Morgan fingerprint density at radius 3 is 2.09 bits per heavy atom. The maximum Gasteiger partial charge on any atom is 0.573 e. The van der Waals surface area contributed by atoms with E-state index in [0.29, 0.717) is 16.9 Å². The number of aromatic hydroxyl groups is 1. The Balaban J connectivity index is 1.16. The molecule has 0 bridgehead atoms. The maximum atomic E-state index is 14.6. The number of phenolic OH excluding ortho intramolecular Hbond substituents is 1. The van der Waals surface area contributed by atoms with E-state index in [9.17, 15) is 41.8 Å². The molecule has 4 aliphatic rings. The molecule has 0 spiro atoms. The van der Waals surface area contributed by atoms with E-state index in [4.69, 9.17) is 11.6 Å². The SMILES string of the molecule is CN(C)c1ccc(N=Nc2ccc(N3C(=O)C4CC=C5C(CC6C(=O)N(c7ccc(F)c(Cl)c7)C(=O)C6(C)C5c5cc(OC(F)(F)F)ccc5O)C4C3=O)cc2)cc1. The average molecular weight is 816 g/mol. The Morgan fingerprint density at radius 1 is 0.828 bits per heavy atom. The number of amides is 4. The van der Waals surface area contributed by atoms with E-state index in [1.165, 1.54) is 13.0 Å². The predicted octanol–water partition coefficient (Wildman–Crippen LogP) is 9.00. The monoisotopic (exact) mass is 815 g/mol. The standard InChI is InChI=1S/C42H34ClF4N5O6/c1-41-31(38(55)52(40(41)57)25-12-16-33(44)32(43)18-25)20-29-27(36(41)30-19-26(13-17-34(30)53)58-42(45,46)47)14-15-28-35(29)39(56)51(37(28)54)24-10-6-22(7-11-24)49-48-21-4-8-23(9-5-21)50(2)3/h4-14,16-19,28-29,31,35-36,53H,15,20H2,1-3H3. The van der Waals surface area contributed by atoms with E-state index >= 15 is 0 Å². The highest BCUT2D eigenvalue weighted by Crippen LogP contribution is 2.65. The Kier molecular flexibility index (Phi) is 9.41. The van der Waals surface area contributed by atoms with Crippen LogP contribution in [0.1, 0.15) is 31.2 Å². The van der Waals surface area contributed by atoms with Crippen LogP contribution in [0.15, 0.2) is 107 Å². The summed E-state index contributed by atoms with van der Waals surface area (Å²) in [6, 6.07) is 20.0. The molecule has 6 unspecified atom stereocenters. The van der Waals surface area contributed by atoms with Crippen LogP contribution in [0.25, 0.3) is 0 Å². The molecule has 1 saturated carbocycles. The van der Waals surface area contributed by atoms with Crippen LogP contribution in [0.4, 0.5) is 46.0 Å². The van der Waals surface area contributed by atoms with Crippen molar-refractivity contribution >= 4 is 63.7 Å². The van der Waals surface area contributed by atoms with Gasteiger partial charge >= 0.3 is 6.36 Å². The number of ether oxygens (including phenoxy) is 1. The topological polar surface area (TPSA) is 132 Å². The number of alkyl halides is 3. The van der Waals surface area contributed by atoms with Gasteiger partial charge in [0.25, 0.3) is 0 Å². The lowest BCUT2D eigenvalue weighted by Gasteiger charge is -2.49. The van der Waals surface area contributed by atoms with Crippen LogP contribution >= 0.6 is 11.6 Å². The smallest absolute Gasteiger partial charge is 0.508 e. The molecule has 1 N–H and O–H groups in total. The molecule has 0 aromatic heterocycles. The first-order valence-electron chi connectivity index (χ1n) is 18.3. The van der Waals surface area contributed by atoms with Gasteiger partial charge in [-0.1, -0.05) is 23.3 Å². The summed E-state index contributed by atoms with van der Waals surface area (Å²) in [6.45, 7) is 1.49. The number of phenols is 1. The molecule has 4 amide bonds. The number of nitrogens with zero attached hydrogens (tertiary/aromatic N) is 5. The van der Waals surface area contributed by atoms with Crippen LogP contribution in [0.5, 0.6) is 11.5 Å². The number of carbonyl (C=O) groups excluding carboxylic acids is 4. The van der Waals surface area contributed by atoms with E-state index in [1.807, 2.05) is 43.3 Å². The van der Waals surface area contributed by atoms with Crippen molar-refractivity contribution in [3.63, 3.8) is 0 Å². The second-order valence-electron chi connectivity index (χ2n) is 15.2. The first kappa shape index (κ1) is 38.8. The number of rotatable bonds is 7. The van der Waals surface area contributed by atoms with Crippen LogP contribution < -0.4 is 19.4 Å². The first-order chi connectivity index (χ1) is 27.5. The maximum absolute atomic E-state index is 14.6. The molecule has 298 valence electrons. The molecule has 4 aromatic carbocycles. The third-order valence-electron chi connectivity index (χ3n) is 11.7. The molecule has 4 aromatic rings. The lowest BCUT2D eigenvalue weighted by Crippen LogP contribution is -2.49. The second-order valence-corrected chi connectivity index (χ2v) is 15.6. The third-order valence-corrected chi connectivity index (χ3v) is 12.0. The number of halogens is 5. The summed E-state index contributed by atoms with van der Waals surface area (Å²) in [4.78, 5) is 61.5. The van der Waals surface area contributed by atoms with Crippen molar-refractivity contribution in [1.82, 2.24) is 0 Å². The highest BCUT2D eigenvalue weighted by molar-refractivity contribution is 6.32. The molecule has 2 aliphatic carbocycles. The number of imide groups is 2. The van der Waals surface area contributed by atoms with Crippen LogP contribution in [0.3, 0.4) is 0 Å². The Hall–Kier alpha value is -6.09. The lowest BCUT2D eigenvalue weighted by atomic mass is 9.51. The fraction of sp³-hybridized carbons (Fsp3) is 0.286. The summed E-state index contributed by atoms with van der Waals surface area (Å²) in [6.07, 6.45) is -3.46. The van der Waals surface area contributed by atoms with Crippen molar-refractivity contribution < 1.29 is 46.6 Å². The molecular weight excluding hydrogens is 782 g/mol. The summed E-state index contributed by atoms with van der Waals surface area (Å²) in [5.41, 5.74) is 0.856. The van der Waals surface area contributed by atoms with Gasteiger partial charge in [-0.2, -0.15) is 10.2 Å². The zero-order valence-electron chi connectivity index (χ0n) is 31.1. The van der Waals surface area contributed by atoms with Crippen LogP contribution in [0.2, 0.25) is 5.02 Å². The molecular formula is C42H34ClF4N5O6. The number of benzene rings is 4. The molecule has 8 rings (SSSR count). The van der Waals surface area contributed by atoms with Gasteiger partial charge in [-0.15, -0.1) is 13.2 Å². The van der Waals surface area contributed by atoms with Gasteiger partial charge in [0.1, 0.15) is 17.3 Å². The van der Waals surface area contributed by atoms with Crippen LogP contribution in [0, 0.1) is 34.9 Å². The number of hydrogen-bond acceptors (Lipinski definition) is 9. The molecule has 2 aliphatic heterocycles. The first-order valence-corrected chi connectivity index (χ1v) is 18.6. The molecule has 2 saturated heterocycles. The second kappa shape index (κ2) is 14.1. The molecule has 0 radical (unpaired) electrons. The largest absolute Gasteiger partial charge is 0.573 e. The van der Waals surface area contributed by atoms with Crippen molar-refractivity contribution in [3.05, 3.63) is 113 Å². The van der Waals surface area contributed by atoms with Crippen LogP contribution in [-0.4, -0.2) is 49.2 Å². The normalized spacial score (nSPS) is 25.5. The minimum Gasteiger partial charge on any atom is -0.508 e. The number of carbonyl (C=O) groups is 4. The van der Waals surface area contributed by atoms with Crippen molar-refractivity contribution in [2.24, 2.45) is 39.3 Å². The molecule has 2 heterocycles. The number of anilines is 3. The number of allylic oxidation sites excluding steroid dienone is 2. The molecule has 6 atom stereocenters. The zero-order chi connectivity index (χ0) is 41.4. The molecule has 58 heavy (non-hydrogen) atoms. The number of azo groups is 1. The van der Waals surface area contributed by atoms with Gasteiger partial charge in [-0.3, -0.25) is 24.1 Å². The summed E-state index contributed by atoms with van der Waals surface area (Å²) in [5, 5.41) is 19.4. The highest BCUT2D eigenvalue weighted by atomic mass is 35.5. The van der Waals surface area contributed by atoms with E-state index < -0.39 is 82.3 Å². The van der Waals surface area contributed by atoms with Gasteiger partial charge < -0.3 is 14.7 Å². The van der Waals surface area contributed by atoms with Gasteiger partial charge in [0.15, 0.2) is 0 Å². The highest BCUT2D eigenvalue weighted by Gasteiger charge is 2.68. The van der Waals surface area contributed by atoms with Crippen LogP contribution in [-0.2, 0) is 19.2 Å². The van der Waals surface area contributed by atoms with Gasteiger partial charge in [0.05, 0.1) is 50.9 Å². The minimum absolute atomic E-state index is 0.0344. The van der Waals surface area contributed by atoms with E-state index in [1.54, 1.807) is 30.3 Å². The molecule has 3 fully saturated rings. The summed E-state index contributed by atoms with van der Waals surface area (Å²) in [5.74, 6) is -9.65. The van der Waals surface area contributed by atoms with E-state index in [0.717, 1.165) is 45.8 Å². The molecule has 16 heteroatoms. The number of fused-ring (bicyclic) bond motifs is 4. The summed E-state index contributed by atoms with van der Waals surface area (Å²) >= 11 is 6.05. The quantitative estimate of drug-likeness (QED) is 0.0853. The van der Waals surface area contributed by atoms with Crippen molar-refractivity contribution in [1.29, 1.82) is 0 Å². The fourth-order valence-electron chi connectivity index (χ4n) is 9.05. The Bertz CT molecular complexity index is 2440. The van der Waals surface area contributed by atoms with Crippen molar-refractivity contribution in [2.45, 2.75) is 32.0 Å². The van der Waals surface area contributed by atoms with Gasteiger partial charge in [0, 0.05) is 31.3 Å². The Morgan fingerprint density at radius 2 is 1.47 bits per heavy atom. The van der Waals surface area contributed by atoms with Crippen molar-refractivity contribution in [3.8, 4) is 11.5 Å². The van der Waals surface area contributed by atoms with Crippen molar-refractivity contribution in [2.75, 3.05) is 28.8 Å². The minimum atomic E-state index is -5.09. The summed E-state index contributed by atoms with van der Waals surface area (Å²) in [7, 11) is 3.84. The van der Waals surface area contributed by atoms with Gasteiger partial charge in [-0.05, 0) is 111 Å². The summed E-state index contributed by atoms with van der Waals surface area (Å²) < 4.78 is 58.7. The zero-order valence-corrected chi connectivity index (χ0v) is 31.8. The third kappa shape index (κ3) is 6.37.